The number of ether oxygens (including phenoxy) is 2. The van der Waals surface area contributed by atoms with E-state index >= 15 is 0 Å². The zero-order chi connectivity index (χ0) is 21.0. The third-order valence-corrected chi connectivity index (χ3v) is 6.71. The van der Waals surface area contributed by atoms with Gasteiger partial charge in [0.1, 0.15) is 23.0 Å². The van der Waals surface area contributed by atoms with Gasteiger partial charge in [-0.05, 0) is 73.2 Å². The van der Waals surface area contributed by atoms with Crippen molar-refractivity contribution in [3.8, 4) is 17.2 Å². The molecule has 0 saturated carbocycles. The maximum Gasteiger partial charge on any atom is 0.179 e. The molecule has 0 aromatic heterocycles. The number of benzene rings is 3. The van der Waals surface area contributed by atoms with E-state index in [0.717, 1.165) is 35.9 Å². The van der Waals surface area contributed by atoms with Crippen LogP contribution in [0.3, 0.4) is 0 Å². The van der Waals surface area contributed by atoms with Gasteiger partial charge in [0.05, 0.1) is 5.56 Å². The molecule has 0 amide bonds. The molecule has 0 bridgehead atoms. The van der Waals surface area contributed by atoms with Gasteiger partial charge < -0.3 is 14.6 Å². The third-order valence-electron chi connectivity index (χ3n) is 5.23. The van der Waals surface area contributed by atoms with Crippen LogP contribution in [0.2, 0.25) is 0 Å². The zero-order valence-electron chi connectivity index (χ0n) is 15.7. The molecule has 2 heterocycles. The molecule has 5 rings (SSSR count). The van der Waals surface area contributed by atoms with Crippen LogP contribution < -0.4 is 9.47 Å². The summed E-state index contributed by atoms with van der Waals surface area (Å²) in [5, 5.41) is 10.5. The second-order valence-corrected chi connectivity index (χ2v) is 10.0. The first-order chi connectivity index (χ1) is 14.3. The highest BCUT2D eigenvalue weighted by Gasteiger charge is 2.41. The molecule has 1 unspecified atom stereocenters. The number of hydrogen-bond acceptors (Lipinski definition) is 3. The second kappa shape index (κ2) is 7.29. The fourth-order valence-electron chi connectivity index (χ4n) is 3.87. The van der Waals surface area contributed by atoms with E-state index in [1.807, 2.05) is 42.5 Å². The lowest BCUT2D eigenvalue weighted by atomic mass is 9.84. The molecule has 150 valence electrons. The van der Waals surface area contributed by atoms with Crippen LogP contribution in [-0.2, 0) is 5.60 Å². The van der Waals surface area contributed by atoms with E-state index in [9.17, 15) is 5.11 Å². The summed E-state index contributed by atoms with van der Waals surface area (Å²) >= 11 is 10.6. The van der Waals surface area contributed by atoms with Gasteiger partial charge >= 0.3 is 0 Å². The Morgan fingerprint density at radius 3 is 2.17 bits per heavy atom. The van der Waals surface area contributed by atoms with Gasteiger partial charge in [0.15, 0.2) is 5.60 Å². The summed E-state index contributed by atoms with van der Waals surface area (Å²) in [5.41, 5.74) is 2.75. The summed E-state index contributed by atoms with van der Waals surface area (Å²) in [4.78, 5) is 0. The first-order valence-corrected chi connectivity index (χ1v) is 11.6. The SMILES string of the molecule is CC1=CC2(C=C(c3cc(Br)ccc3O)Oc3ccc(Br)cc32)Oc2ccc(Br)cc21. The number of rotatable bonds is 1. The molecule has 0 aliphatic carbocycles. The highest BCUT2D eigenvalue weighted by Crippen LogP contribution is 2.50. The van der Waals surface area contributed by atoms with Gasteiger partial charge in [-0.15, -0.1) is 0 Å². The molecular formula is C24H15Br3O3. The average Bonchev–Trinajstić information content (AvgIpc) is 2.71. The molecule has 2 aliphatic heterocycles. The zero-order valence-corrected chi connectivity index (χ0v) is 20.5. The lowest BCUT2D eigenvalue weighted by Gasteiger charge is -2.38. The normalized spacial score (nSPS) is 19.2. The summed E-state index contributed by atoms with van der Waals surface area (Å²) in [6.07, 6.45) is 4.03. The summed E-state index contributed by atoms with van der Waals surface area (Å²) < 4.78 is 15.6. The van der Waals surface area contributed by atoms with Crippen LogP contribution in [0.25, 0.3) is 11.3 Å². The quantitative estimate of drug-likeness (QED) is 0.314. The van der Waals surface area contributed by atoms with Crippen LogP contribution in [0.15, 0.2) is 80.2 Å². The summed E-state index contributed by atoms with van der Waals surface area (Å²) in [6.45, 7) is 2.08. The Balaban J connectivity index is 1.76. The van der Waals surface area contributed by atoms with Crippen LogP contribution >= 0.6 is 47.8 Å². The number of hydrogen-bond donors (Lipinski definition) is 1. The van der Waals surface area contributed by atoms with Crippen molar-refractivity contribution in [1.29, 1.82) is 0 Å². The topological polar surface area (TPSA) is 38.7 Å². The van der Waals surface area contributed by atoms with E-state index in [1.54, 1.807) is 12.1 Å². The molecule has 3 nitrogen and oxygen atoms in total. The highest BCUT2D eigenvalue weighted by molar-refractivity contribution is 9.11. The van der Waals surface area contributed by atoms with Crippen LogP contribution in [0.1, 0.15) is 23.6 Å². The van der Waals surface area contributed by atoms with Gasteiger partial charge in [-0.2, -0.15) is 0 Å². The Bertz CT molecular complexity index is 1260. The number of aromatic hydroxyl groups is 1. The van der Waals surface area contributed by atoms with Gasteiger partial charge in [-0.25, -0.2) is 0 Å². The van der Waals surface area contributed by atoms with E-state index in [2.05, 4.69) is 66.9 Å². The molecule has 1 atom stereocenters. The average molecular weight is 591 g/mol. The molecule has 30 heavy (non-hydrogen) atoms. The number of halogens is 3. The van der Waals surface area contributed by atoms with Crippen LogP contribution in [0, 0.1) is 0 Å². The molecule has 0 radical (unpaired) electrons. The molecule has 0 fully saturated rings. The van der Waals surface area contributed by atoms with Crippen molar-refractivity contribution in [3.63, 3.8) is 0 Å². The van der Waals surface area contributed by atoms with Crippen LogP contribution in [-0.4, -0.2) is 5.11 Å². The minimum Gasteiger partial charge on any atom is -0.507 e. The summed E-state index contributed by atoms with van der Waals surface area (Å²) in [7, 11) is 0. The Morgan fingerprint density at radius 2 is 1.40 bits per heavy atom. The lowest BCUT2D eigenvalue weighted by Crippen LogP contribution is -2.35. The van der Waals surface area contributed by atoms with E-state index in [4.69, 9.17) is 9.47 Å². The first-order valence-electron chi connectivity index (χ1n) is 9.23. The van der Waals surface area contributed by atoms with Gasteiger partial charge in [-0.1, -0.05) is 47.8 Å². The summed E-state index contributed by atoms with van der Waals surface area (Å²) in [5.74, 6) is 2.15. The number of phenolic OH excluding ortho intramolecular Hbond substituents is 1. The van der Waals surface area contributed by atoms with E-state index < -0.39 is 5.60 Å². The van der Waals surface area contributed by atoms with Gasteiger partial charge in [0, 0.05) is 30.6 Å². The second-order valence-electron chi connectivity index (χ2n) is 7.28. The minimum absolute atomic E-state index is 0.140. The van der Waals surface area contributed by atoms with E-state index in [1.165, 1.54) is 0 Å². The highest BCUT2D eigenvalue weighted by atomic mass is 79.9. The van der Waals surface area contributed by atoms with Crippen molar-refractivity contribution in [2.45, 2.75) is 12.5 Å². The van der Waals surface area contributed by atoms with Gasteiger partial charge in [0.25, 0.3) is 0 Å². The Hall–Kier alpha value is -2.02. The first kappa shape index (κ1) is 19.9. The molecule has 3 aromatic carbocycles. The molecular weight excluding hydrogens is 576 g/mol. The van der Waals surface area contributed by atoms with Crippen LogP contribution in [0.5, 0.6) is 17.2 Å². The fraction of sp³-hybridized carbons (Fsp3) is 0.0833. The number of allylic oxidation sites excluding steroid dienone is 1. The van der Waals surface area contributed by atoms with Crippen molar-refractivity contribution in [2.24, 2.45) is 0 Å². The third kappa shape index (κ3) is 3.31. The van der Waals surface area contributed by atoms with Crippen molar-refractivity contribution in [1.82, 2.24) is 0 Å². The van der Waals surface area contributed by atoms with Crippen molar-refractivity contribution < 1.29 is 14.6 Å². The monoisotopic (exact) mass is 588 g/mol. The van der Waals surface area contributed by atoms with E-state index in [-0.39, 0.29) is 5.75 Å². The molecule has 2 aliphatic rings. The smallest absolute Gasteiger partial charge is 0.179 e. The van der Waals surface area contributed by atoms with Gasteiger partial charge in [0.2, 0.25) is 0 Å². The number of fused-ring (bicyclic) bond motifs is 3. The van der Waals surface area contributed by atoms with E-state index in [0.29, 0.717) is 17.1 Å². The predicted octanol–water partition coefficient (Wildman–Crippen LogP) is 7.80. The maximum atomic E-state index is 10.5. The molecule has 0 saturated heterocycles. The Morgan fingerprint density at radius 1 is 0.767 bits per heavy atom. The Kier molecular flexibility index (Phi) is 4.84. The fourth-order valence-corrected chi connectivity index (χ4v) is 4.95. The van der Waals surface area contributed by atoms with Gasteiger partial charge in [-0.3, -0.25) is 0 Å². The number of phenols is 1. The molecule has 3 aromatic rings. The standard InChI is InChI=1S/C24H15Br3O3/c1-13-11-24(30-21-6-3-15(26)8-17(13)21)12-23(18-9-14(25)2-5-20(18)28)29-22-7-4-16(27)10-19(22)24/h2-12,28H,1H3. The molecule has 1 N–H and O–H groups in total. The molecule has 6 heteroatoms. The predicted molar refractivity (Wildman–Crippen MR) is 129 cm³/mol. The largest absolute Gasteiger partial charge is 0.507 e. The maximum absolute atomic E-state index is 10.5. The van der Waals surface area contributed by atoms with Crippen molar-refractivity contribution >= 4 is 59.1 Å². The minimum atomic E-state index is -0.869. The summed E-state index contributed by atoms with van der Waals surface area (Å²) in [6, 6.07) is 17.1. The lowest BCUT2D eigenvalue weighted by molar-refractivity contribution is 0.158. The molecule has 1 spiro atoms. The van der Waals surface area contributed by atoms with Crippen LogP contribution in [0.4, 0.5) is 0 Å². The van der Waals surface area contributed by atoms with Crippen molar-refractivity contribution in [3.05, 3.63) is 96.9 Å². The van der Waals surface area contributed by atoms with Crippen molar-refractivity contribution in [2.75, 3.05) is 0 Å². The Labute approximate surface area is 199 Å².